The highest BCUT2D eigenvalue weighted by Gasteiger charge is 2.35. The Labute approximate surface area is 163 Å². The molecular formula is C21H22ClNO4. The molecule has 0 radical (unpaired) electrons. The van der Waals surface area contributed by atoms with Crippen LogP contribution in [-0.4, -0.2) is 17.0 Å². The van der Waals surface area contributed by atoms with Crippen molar-refractivity contribution >= 4 is 23.5 Å². The van der Waals surface area contributed by atoms with Crippen LogP contribution < -0.4 is 10.1 Å². The van der Waals surface area contributed by atoms with E-state index in [2.05, 4.69) is 5.32 Å². The molecule has 0 aliphatic heterocycles. The lowest BCUT2D eigenvalue weighted by molar-refractivity contribution is -0.148. The largest absolute Gasteiger partial charge is 0.481 e. The number of nitrogens with one attached hydrogen (secondary N) is 1. The Balaban J connectivity index is 1.56. The van der Waals surface area contributed by atoms with Crippen molar-refractivity contribution in [1.29, 1.82) is 0 Å². The van der Waals surface area contributed by atoms with Crippen molar-refractivity contribution < 1.29 is 19.4 Å². The first-order chi connectivity index (χ1) is 13.0. The standard InChI is InChI=1S/C21H22ClNO4/c22-18-7-3-4-8-19(18)27-15-11-9-14(10-12-15)13-23-20(24)16-5-1-2-6-17(16)21(25)26/h3-4,7-12,16-17H,1-2,5-6,13H2,(H,23,24)(H,25,26). The lowest BCUT2D eigenvalue weighted by atomic mass is 9.78. The zero-order valence-corrected chi connectivity index (χ0v) is 15.6. The molecule has 1 aliphatic carbocycles. The third kappa shape index (κ3) is 5.01. The number of aliphatic carboxylic acids is 1. The SMILES string of the molecule is O=C(O)C1CCCCC1C(=O)NCc1ccc(Oc2ccccc2Cl)cc1. The topological polar surface area (TPSA) is 75.6 Å². The van der Waals surface area contributed by atoms with Crippen LogP contribution in [0.3, 0.4) is 0 Å². The van der Waals surface area contributed by atoms with Gasteiger partial charge in [0.1, 0.15) is 11.5 Å². The molecule has 1 fully saturated rings. The molecule has 2 N–H and O–H groups in total. The van der Waals surface area contributed by atoms with E-state index in [1.807, 2.05) is 36.4 Å². The van der Waals surface area contributed by atoms with E-state index in [-0.39, 0.29) is 5.91 Å². The number of hydrogen-bond acceptors (Lipinski definition) is 3. The maximum atomic E-state index is 12.4. The summed E-state index contributed by atoms with van der Waals surface area (Å²) in [5, 5.41) is 12.7. The summed E-state index contributed by atoms with van der Waals surface area (Å²) in [5.74, 6) is -0.854. The van der Waals surface area contributed by atoms with Crippen molar-refractivity contribution in [3.05, 3.63) is 59.1 Å². The number of carboxylic acid groups (broad SMARTS) is 1. The number of ether oxygens (including phenoxy) is 1. The molecule has 2 aromatic rings. The Kier molecular flexibility index (Phi) is 6.35. The second kappa shape index (κ2) is 8.91. The van der Waals surface area contributed by atoms with Gasteiger partial charge in [-0.1, -0.05) is 48.7 Å². The minimum atomic E-state index is -0.879. The van der Waals surface area contributed by atoms with Crippen LogP contribution in [0.4, 0.5) is 0 Å². The Hall–Kier alpha value is -2.53. The highest BCUT2D eigenvalue weighted by Crippen LogP contribution is 2.31. The third-order valence-electron chi connectivity index (χ3n) is 4.87. The van der Waals surface area contributed by atoms with E-state index in [1.165, 1.54) is 0 Å². The lowest BCUT2D eigenvalue weighted by Crippen LogP contribution is -2.39. The molecular weight excluding hydrogens is 366 g/mol. The van der Waals surface area contributed by atoms with Gasteiger partial charge in [0.05, 0.1) is 16.9 Å². The first-order valence-corrected chi connectivity index (χ1v) is 9.44. The van der Waals surface area contributed by atoms with Crippen molar-refractivity contribution in [2.24, 2.45) is 11.8 Å². The Morgan fingerprint density at radius 3 is 2.37 bits per heavy atom. The molecule has 0 saturated heterocycles. The van der Waals surface area contributed by atoms with Gasteiger partial charge in [0.2, 0.25) is 5.91 Å². The van der Waals surface area contributed by atoms with Gasteiger partial charge in [-0.3, -0.25) is 9.59 Å². The normalized spacial score (nSPS) is 19.3. The van der Waals surface area contributed by atoms with Crippen molar-refractivity contribution in [2.75, 3.05) is 0 Å². The Morgan fingerprint density at radius 2 is 1.70 bits per heavy atom. The maximum Gasteiger partial charge on any atom is 0.307 e. The van der Waals surface area contributed by atoms with E-state index in [4.69, 9.17) is 16.3 Å². The number of benzene rings is 2. The molecule has 142 valence electrons. The van der Waals surface area contributed by atoms with E-state index < -0.39 is 17.8 Å². The van der Waals surface area contributed by atoms with Gasteiger partial charge in [-0.15, -0.1) is 0 Å². The van der Waals surface area contributed by atoms with E-state index in [9.17, 15) is 14.7 Å². The van der Waals surface area contributed by atoms with Crippen LogP contribution in [0.25, 0.3) is 0 Å². The number of halogens is 1. The molecule has 0 aromatic heterocycles. The summed E-state index contributed by atoms with van der Waals surface area (Å²) in [6.07, 6.45) is 2.97. The van der Waals surface area contributed by atoms with Gasteiger partial charge < -0.3 is 15.2 Å². The van der Waals surface area contributed by atoms with Crippen molar-refractivity contribution in [3.63, 3.8) is 0 Å². The minimum absolute atomic E-state index is 0.182. The van der Waals surface area contributed by atoms with Crippen LogP contribution >= 0.6 is 11.6 Å². The van der Waals surface area contributed by atoms with Crippen LogP contribution in [-0.2, 0) is 16.1 Å². The van der Waals surface area contributed by atoms with Gasteiger partial charge in [-0.05, 0) is 42.7 Å². The van der Waals surface area contributed by atoms with Gasteiger partial charge >= 0.3 is 5.97 Å². The Morgan fingerprint density at radius 1 is 1.04 bits per heavy atom. The summed E-state index contributed by atoms with van der Waals surface area (Å²) in [4.78, 5) is 23.8. The van der Waals surface area contributed by atoms with Crippen molar-refractivity contribution in [3.8, 4) is 11.5 Å². The molecule has 0 bridgehead atoms. The molecule has 5 nitrogen and oxygen atoms in total. The summed E-state index contributed by atoms with van der Waals surface area (Å²) in [6.45, 7) is 0.355. The molecule has 1 saturated carbocycles. The van der Waals surface area contributed by atoms with E-state index >= 15 is 0 Å². The molecule has 1 aliphatic rings. The number of carbonyl (C=O) groups excluding carboxylic acids is 1. The number of amides is 1. The zero-order valence-electron chi connectivity index (χ0n) is 14.9. The quantitative estimate of drug-likeness (QED) is 0.757. The fourth-order valence-electron chi connectivity index (χ4n) is 3.39. The van der Waals surface area contributed by atoms with Gasteiger partial charge in [0, 0.05) is 6.54 Å². The van der Waals surface area contributed by atoms with Crippen LogP contribution in [0.2, 0.25) is 5.02 Å². The zero-order chi connectivity index (χ0) is 19.2. The maximum absolute atomic E-state index is 12.4. The first-order valence-electron chi connectivity index (χ1n) is 9.06. The van der Waals surface area contributed by atoms with Gasteiger partial charge in [0.25, 0.3) is 0 Å². The fraction of sp³-hybridized carbons (Fsp3) is 0.333. The molecule has 6 heteroatoms. The van der Waals surface area contributed by atoms with Crippen LogP contribution in [0.1, 0.15) is 31.2 Å². The molecule has 2 atom stereocenters. The molecule has 0 heterocycles. The summed E-state index contributed by atoms with van der Waals surface area (Å²) in [7, 11) is 0. The van der Waals surface area contributed by atoms with Crippen molar-refractivity contribution in [2.45, 2.75) is 32.2 Å². The number of rotatable bonds is 6. The second-order valence-electron chi connectivity index (χ2n) is 6.73. The average Bonchev–Trinajstić information content (AvgIpc) is 2.69. The van der Waals surface area contributed by atoms with Gasteiger partial charge in [-0.25, -0.2) is 0 Å². The van der Waals surface area contributed by atoms with Crippen molar-refractivity contribution in [1.82, 2.24) is 5.32 Å². The predicted octanol–water partition coefficient (Wildman–Crippen LogP) is 4.64. The molecule has 0 spiro atoms. The number of para-hydroxylation sites is 1. The number of hydrogen-bond donors (Lipinski definition) is 2. The molecule has 1 amide bonds. The Bertz CT molecular complexity index is 806. The first kappa shape index (κ1) is 19.2. The molecule has 3 rings (SSSR count). The average molecular weight is 388 g/mol. The van der Waals surface area contributed by atoms with Crippen LogP contribution in [0.15, 0.2) is 48.5 Å². The molecule has 27 heavy (non-hydrogen) atoms. The predicted molar refractivity (Wildman–Crippen MR) is 103 cm³/mol. The van der Waals surface area contributed by atoms with Crippen LogP contribution in [0, 0.1) is 11.8 Å². The second-order valence-corrected chi connectivity index (χ2v) is 7.14. The number of carboxylic acids is 1. The highest BCUT2D eigenvalue weighted by atomic mass is 35.5. The summed E-state index contributed by atoms with van der Waals surface area (Å²) < 4.78 is 5.74. The van der Waals surface area contributed by atoms with Gasteiger partial charge in [0.15, 0.2) is 0 Å². The van der Waals surface area contributed by atoms with Gasteiger partial charge in [-0.2, -0.15) is 0 Å². The highest BCUT2D eigenvalue weighted by molar-refractivity contribution is 6.32. The number of carbonyl (C=O) groups is 2. The van der Waals surface area contributed by atoms with E-state index in [0.29, 0.717) is 35.9 Å². The lowest BCUT2D eigenvalue weighted by Gasteiger charge is -2.27. The fourth-order valence-corrected chi connectivity index (χ4v) is 3.56. The van der Waals surface area contributed by atoms with Crippen LogP contribution in [0.5, 0.6) is 11.5 Å². The monoisotopic (exact) mass is 387 g/mol. The third-order valence-corrected chi connectivity index (χ3v) is 5.19. The molecule has 2 aromatic carbocycles. The summed E-state index contributed by atoms with van der Waals surface area (Å²) >= 11 is 6.08. The minimum Gasteiger partial charge on any atom is -0.481 e. The van der Waals surface area contributed by atoms with E-state index in [0.717, 1.165) is 18.4 Å². The molecule has 2 unspecified atom stereocenters. The van der Waals surface area contributed by atoms with E-state index in [1.54, 1.807) is 12.1 Å². The summed E-state index contributed by atoms with van der Waals surface area (Å²) in [6, 6.07) is 14.6. The smallest absolute Gasteiger partial charge is 0.307 e. The summed E-state index contributed by atoms with van der Waals surface area (Å²) in [5.41, 5.74) is 0.914.